The third-order valence-electron chi connectivity index (χ3n) is 6.19. The molecule has 34 heavy (non-hydrogen) atoms. The van der Waals surface area contributed by atoms with E-state index in [0.29, 0.717) is 23.1 Å². The minimum Gasteiger partial charge on any atom is -0.364 e. The van der Waals surface area contributed by atoms with Crippen LogP contribution >= 0.6 is 22.9 Å². The highest BCUT2D eigenvalue weighted by atomic mass is 35.5. The predicted molar refractivity (Wildman–Crippen MR) is 124 cm³/mol. The molecule has 1 aliphatic heterocycles. The molecule has 3 heterocycles. The topological polar surface area (TPSA) is 110 Å². The second-order valence-corrected chi connectivity index (χ2v) is 9.51. The Morgan fingerprint density at radius 3 is 2.94 bits per heavy atom. The SMILES string of the molecule is NC(=O)c1nn(CC(=O)N2C(C(=O)NCc3cccc(Cl)c3F)CC3C#CCC32)c2ccsc12. The Labute approximate surface area is 202 Å². The number of thiophene rings is 1. The first-order valence-electron chi connectivity index (χ1n) is 10.6. The van der Waals surface area contributed by atoms with Crippen LogP contribution in [0.15, 0.2) is 29.6 Å². The molecule has 174 valence electrons. The van der Waals surface area contributed by atoms with Gasteiger partial charge in [-0.25, -0.2) is 4.39 Å². The molecule has 3 aromatic rings. The molecule has 1 aliphatic carbocycles. The maximum absolute atomic E-state index is 14.2. The highest BCUT2D eigenvalue weighted by Gasteiger charge is 2.47. The zero-order chi connectivity index (χ0) is 24.0. The van der Waals surface area contributed by atoms with Crippen molar-refractivity contribution in [1.82, 2.24) is 20.0 Å². The van der Waals surface area contributed by atoms with Crippen LogP contribution in [0, 0.1) is 23.6 Å². The largest absolute Gasteiger partial charge is 0.364 e. The number of fused-ring (bicyclic) bond motifs is 2. The first-order chi connectivity index (χ1) is 16.3. The normalized spacial score (nSPS) is 20.8. The van der Waals surface area contributed by atoms with Crippen molar-refractivity contribution >= 4 is 50.9 Å². The van der Waals surface area contributed by atoms with Crippen molar-refractivity contribution in [2.75, 3.05) is 0 Å². The molecule has 8 nitrogen and oxygen atoms in total. The molecule has 0 saturated carbocycles. The highest BCUT2D eigenvalue weighted by Crippen LogP contribution is 2.35. The lowest BCUT2D eigenvalue weighted by Gasteiger charge is -2.29. The van der Waals surface area contributed by atoms with E-state index in [0.717, 1.165) is 0 Å². The van der Waals surface area contributed by atoms with E-state index in [2.05, 4.69) is 22.3 Å². The van der Waals surface area contributed by atoms with Crippen molar-refractivity contribution in [2.45, 2.75) is 38.0 Å². The Morgan fingerprint density at radius 2 is 2.15 bits per heavy atom. The van der Waals surface area contributed by atoms with Crippen LogP contribution in [-0.2, 0) is 22.7 Å². The number of likely N-dealkylation sites (tertiary alicyclic amines) is 1. The fourth-order valence-corrected chi connectivity index (χ4v) is 5.67. The Kier molecular flexibility index (Phi) is 5.75. The Bertz CT molecular complexity index is 1390. The number of amides is 3. The number of hydrogen-bond donors (Lipinski definition) is 2. The number of carbonyl (C=O) groups excluding carboxylic acids is 3. The summed E-state index contributed by atoms with van der Waals surface area (Å²) in [6, 6.07) is 5.36. The Morgan fingerprint density at radius 1 is 1.32 bits per heavy atom. The summed E-state index contributed by atoms with van der Waals surface area (Å²) in [4.78, 5) is 39.8. The summed E-state index contributed by atoms with van der Waals surface area (Å²) in [5, 5.41) is 8.73. The molecule has 3 unspecified atom stereocenters. The molecule has 2 aromatic heterocycles. The Balaban J connectivity index is 1.36. The molecule has 0 bridgehead atoms. The highest BCUT2D eigenvalue weighted by molar-refractivity contribution is 7.17. The van der Waals surface area contributed by atoms with Crippen LogP contribution in [0.2, 0.25) is 5.02 Å². The molecule has 0 radical (unpaired) electrons. The number of halogens is 2. The number of carbonyl (C=O) groups is 3. The number of hydrogen-bond acceptors (Lipinski definition) is 5. The number of nitrogens with zero attached hydrogens (tertiary/aromatic N) is 3. The molecule has 5 rings (SSSR count). The molecular formula is C23H19ClFN5O3S. The quantitative estimate of drug-likeness (QED) is 0.507. The number of rotatable bonds is 6. The van der Waals surface area contributed by atoms with Crippen molar-refractivity contribution in [3.05, 3.63) is 51.7 Å². The average Bonchev–Trinajstić information content (AvgIpc) is 3.56. The van der Waals surface area contributed by atoms with Crippen molar-refractivity contribution in [3.63, 3.8) is 0 Å². The summed E-state index contributed by atoms with van der Waals surface area (Å²) in [7, 11) is 0. The van der Waals surface area contributed by atoms with Crippen molar-refractivity contribution in [2.24, 2.45) is 11.7 Å². The van der Waals surface area contributed by atoms with Gasteiger partial charge in [0.2, 0.25) is 11.8 Å². The van der Waals surface area contributed by atoms with Gasteiger partial charge in [0.15, 0.2) is 5.69 Å². The van der Waals surface area contributed by atoms with E-state index in [1.165, 1.54) is 22.1 Å². The summed E-state index contributed by atoms with van der Waals surface area (Å²) in [5.74, 6) is 4.06. The fourth-order valence-electron chi connectivity index (χ4n) is 4.60. The average molecular weight is 500 g/mol. The summed E-state index contributed by atoms with van der Waals surface area (Å²) < 4.78 is 16.3. The lowest BCUT2D eigenvalue weighted by molar-refractivity contribution is -0.141. The van der Waals surface area contributed by atoms with E-state index >= 15 is 0 Å². The van der Waals surface area contributed by atoms with Crippen LogP contribution in [0.3, 0.4) is 0 Å². The van der Waals surface area contributed by atoms with Crippen molar-refractivity contribution in [3.8, 4) is 11.8 Å². The van der Waals surface area contributed by atoms with Gasteiger partial charge in [-0.05, 0) is 23.9 Å². The van der Waals surface area contributed by atoms with Gasteiger partial charge >= 0.3 is 0 Å². The fraction of sp³-hybridized carbons (Fsp3) is 0.304. The van der Waals surface area contributed by atoms with E-state index in [1.807, 2.05) is 0 Å². The Hall–Kier alpha value is -3.42. The third-order valence-corrected chi connectivity index (χ3v) is 7.39. The van der Waals surface area contributed by atoms with E-state index in [1.54, 1.807) is 28.5 Å². The summed E-state index contributed by atoms with van der Waals surface area (Å²) in [6.45, 7) is -0.210. The van der Waals surface area contributed by atoms with Gasteiger partial charge < -0.3 is 16.0 Å². The van der Waals surface area contributed by atoms with E-state index in [-0.39, 0.29) is 53.1 Å². The predicted octanol–water partition coefficient (Wildman–Crippen LogP) is 2.30. The van der Waals surface area contributed by atoms with Crippen LogP contribution in [-0.4, -0.2) is 44.5 Å². The van der Waals surface area contributed by atoms with Crippen LogP contribution in [0.25, 0.3) is 10.2 Å². The first kappa shape index (κ1) is 22.4. The van der Waals surface area contributed by atoms with Gasteiger partial charge in [-0.1, -0.05) is 29.7 Å². The minimum absolute atomic E-state index is 0.0245. The molecule has 2 aliphatic rings. The molecule has 3 N–H and O–H groups in total. The van der Waals surface area contributed by atoms with Crippen molar-refractivity contribution in [1.29, 1.82) is 0 Å². The molecule has 0 spiro atoms. The van der Waals surface area contributed by atoms with Gasteiger partial charge in [0.05, 0.1) is 21.3 Å². The van der Waals surface area contributed by atoms with Gasteiger partial charge in [-0.2, -0.15) is 5.10 Å². The number of nitrogens with two attached hydrogens (primary N) is 1. The number of primary amides is 1. The third kappa shape index (κ3) is 3.81. The van der Waals surface area contributed by atoms with Crippen LogP contribution in [0.4, 0.5) is 4.39 Å². The van der Waals surface area contributed by atoms with Crippen LogP contribution in [0.1, 0.15) is 28.9 Å². The maximum Gasteiger partial charge on any atom is 0.270 e. The second-order valence-electron chi connectivity index (χ2n) is 8.19. The zero-order valence-electron chi connectivity index (χ0n) is 17.8. The van der Waals surface area contributed by atoms with Gasteiger partial charge in [0.25, 0.3) is 5.91 Å². The van der Waals surface area contributed by atoms with Crippen LogP contribution in [0.5, 0.6) is 0 Å². The number of benzene rings is 1. The van der Waals surface area contributed by atoms with Crippen LogP contribution < -0.4 is 11.1 Å². The molecule has 11 heteroatoms. The molecular weight excluding hydrogens is 481 g/mol. The van der Waals surface area contributed by atoms with Gasteiger partial charge in [-0.15, -0.1) is 17.3 Å². The van der Waals surface area contributed by atoms with E-state index < -0.39 is 17.8 Å². The number of aromatic nitrogens is 2. The van der Waals surface area contributed by atoms with E-state index in [9.17, 15) is 18.8 Å². The summed E-state index contributed by atoms with van der Waals surface area (Å²) in [5.41, 5.74) is 6.43. The van der Waals surface area contributed by atoms with Gasteiger partial charge in [-0.3, -0.25) is 19.1 Å². The minimum atomic E-state index is -0.747. The number of nitrogens with one attached hydrogen (secondary N) is 1. The molecule has 1 saturated heterocycles. The monoisotopic (exact) mass is 499 g/mol. The van der Waals surface area contributed by atoms with Gasteiger partial charge in [0.1, 0.15) is 18.4 Å². The summed E-state index contributed by atoms with van der Waals surface area (Å²) in [6.07, 6.45) is 0.870. The lowest BCUT2D eigenvalue weighted by Crippen LogP contribution is -2.50. The zero-order valence-corrected chi connectivity index (χ0v) is 19.3. The van der Waals surface area contributed by atoms with Crippen molar-refractivity contribution < 1.29 is 18.8 Å². The van der Waals surface area contributed by atoms with E-state index in [4.69, 9.17) is 17.3 Å². The molecule has 1 fully saturated rings. The molecule has 3 amide bonds. The maximum atomic E-state index is 14.2. The molecule has 1 aromatic carbocycles. The first-order valence-corrected chi connectivity index (χ1v) is 11.8. The lowest BCUT2D eigenvalue weighted by atomic mass is 10.0. The smallest absolute Gasteiger partial charge is 0.270 e. The molecule has 3 atom stereocenters. The standard InChI is InChI=1S/C23H19ClFN5O3S/c24-14-5-1-4-13(19(14)25)10-27-23(33)17-9-12-3-2-6-15(12)30(17)18(31)11-29-16-7-8-34-21(16)20(28-29)22(26)32/h1,4-5,7-8,12,15,17H,6,9-11H2,(H2,26,32)(H,27,33). The summed E-state index contributed by atoms with van der Waals surface area (Å²) >= 11 is 7.14. The van der Waals surface area contributed by atoms with Gasteiger partial charge in [0, 0.05) is 24.4 Å². The second kappa shape index (κ2) is 8.74.